The second kappa shape index (κ2) is 10.7. The van der Waals surface area contributed by atoms with Crippen molar-refractivity contribution >= 4 is 22.4 Å². The Morgan fingerprint density at radius 3 is 1.90 bits per heavy atom. The number of hydrogen-bond donors (Lipinski definition) is 0. The van der Waals surface area contributed by atoms with E-state index in [0.717, 1.165) is 5.56 Å². The molecule has 0 aliphatic carbocycles. The van der Waals surface area contributed by atoms with Gasteiger partial charge in [0, 0.05) is 0 Å². The Balaban J connectivity index is 2.15. The maximum Gasteiger partial charge on any atom is 0.366 e. The number of halogens is 5. The molecule has 2 aromatic rings. The van der Waals surface area contributed by atoms with Crippen molar-refractivity contribution in [3.8, 4) is 0 Å². The van der Waals surface area contributed by atoms with E-state index in [-0.39, 0.29) is 19.7 Å². The fraction of sp³-hybridized carbons (Fsp3) is 0.350. The Labute approximate surface area is 173 Å². The Kier molecular flexibility index (Phi) is 8.60. The summed E-state index contributed by atoms with van der Waals surface area (Å²) in [4.78, 5) is 6.23. The molecule has 29 heavy (non-hydrogen) atoms. The van der Waals surface area contributed by atoms with Crippen molar-refractivity contribution < 1.29 is 36.6 Å². The van der Waals surface area contributed by atoms with Crippen LogP contribution in [0.15, 0.2) is 60.7 Å². The van der Waals surface area contributed by atoms with Crippen LogP contribution in [0.1, 0.15) is 11.1 Å². The van der Waals surface area contributed by atoms with E-state index < -0.39 is 29.6 Å². The molecule has 2 rings (SSSR count). The number of hydrogen-bond acceptors (Lipinski definition) is 4. The summed E-state index contributed by atoms with van der Waals surface area (Å²) in [6.45, 7) is -1.04. The minimum absolute atomic E-state index is 0.0151. The lowest BCUT2D eigenvalue weighted by Gasteiger charge is -2.34. The lowest BCUT2D eigenvalue weighted by Crippen LogP contribution is -2.55. The van der Waals surface area contributed by atoms with Crippen molar-refractivity contribution in [3.05, 3.63) is 71.8 Å². The number of alkyl halides is 5. The van der Waals surface area contributed by atoms with Gasteiger partial charge >= 0.3 is 10.8 Å². The van der Waals surface area contributed by atoms with Gasteiger partial charge in [0.25, 0.3) is 6.47 Å². The van der Waals surface area contributed by atoms with Gasteiger partial charge in [-0.1, -0.05) is 60.7 Å². The van der Waals surface area contributed by atoms with Crippen LogP contribution in [0.3, 0.4) is 0 Å². The fourth-order valence-electron chi connectivity index (χ4n) is 2.50. The Hall–Kier alpha value is -1.97. The highest BCUT2D eigenvalue weighted by molar-refractivity contribution is 9.10. The van der Waals surface area contributed by atoms with Crippen molar-refractivity contribution in [1.82, 2.24) is 0 Å². The Morgan fingerprint density at radius 1 is 0.897 bits per heavy atom. The minimum atomic E-state index is -4.69. The SMILES string of the molecule is O=CO[C@H](COCc1ccccc1)[C@H](OCc1ccccc1)C(F)(F)C(F)(F)Br. The van der Waals surface area contributed by atoms with Crippen LogP contribution in [0.2, 0.25) is 0 Å². The zero-order valence-electron chi connectivity index (χ0n) is 15.1. The number of ether oxygens (including phenoxy) is 3. The van der Waals surface area contributed by atoms with Crippen LogP contribution < -0.4 is 0 Å². The zero-order valence-corrected chi connectivity index (χ0v) is 16.7. The van der Waals surface area contributed by atoms with Crippen molar-refractivity contribution in [2.75, 3.05) is 6.61 Å². The van der Waals surface area contributed by atoms with Gasteiger partial charge in [-0.3, -0.25) is 4.79 Å². The van der Waals surface area contributed by atoms with Crippen molar-refractivity contribution in [2.45, 2.75) is 36.2 Å². The average Bonchev–Trinajstić information content (AvgIpc) is 2.68. The van der Waals surface area contributed by atoms with Crippen LogP contribution in [0.5, 0.6) is 0 Å². The third-order valence-electron chi connectivity index (χ3n) is 3.97. The van der Waals surface area contributed by atoms with Crippen molar-refractivity contribution in [1.29, 1.82) is 0 Å². The van der Waals surface area contributed by atoms with Gasteiger partial charge in [0.1, 0.15) is 0 Å². The van der Waals surface area contributed by atoms with Crippen LogP contribution in [0.4, 0.5) is 17.6 Å². The van der Waals surface area contributed by atoms with Gasteiger partial charge in [-0.15, -0.1) is 0 Å². The fourth-order valence-corrected chi connectivity index (χ4v) is 2.73. The third kappa shape index (κ3) is 6.80. The summed E-state index contributed by atoms with van der Waals surface area (Å²) in [7, 11) is 0. The zero-order chi connectivity index (χ0) is 21.3. The summed E-state index contributed by atoms with van der Waals surface area (Å²) >= 11 is 1.70. The number of carbonyl (C=O) groups excluding carboxylic acids is 1. The highest BCUT2D eigenvalue weighted by Gasteiger charge is 2.63. The molecule has 0 saturated heterocycles. The highest BCUT2D eigenvalue weighted by Crippen LogP contribution is 2.44. The second-order valence-electron chi connectivity index (χ2n) is 6.11. The number of benzene rings is 2. The van der Waals surface area contributed by atoms with Gasteiger partial charge in [-0.05, 0) is 27.1 Å². The van der Waals surface area contributed by atoms with E-state index in [1.54, 1.807) is 76.6 Å². The molecular weight excluding hydrogens is 460 g/mol. The number of carbonyl (C=O) groups is 1. The minimum Gasteiger partial charge on any atom is -0.459 e. The molecule has 4 nitrogen and oxygen atoms in total. The van der Waals surface area contributed by atoms with Gasteiger partial charge in [0.05, 0.1) is 19.8 Å². The van der Waals surface area contributed by atoms with Gasteiger partial charge in [0.15, 0.2) is 12.2 Å². The summed E-state index contributed by atoms with van der Waals surface area (Å²) in [6, 6.07) is 16.9. The first-order valence-corrected chi connectivity index (χ1v) is 9.36. The first kappa shape index (κ1) is 23.3. The predicted molar refractivity (Wildman–Crippen MR) is 101 cm³/mol. The predicted octanol–water partition coefficient (Wildman–Crippen LogP) is 4.95. The first-order chi connectivity index (χ1) is 13.8. The van der Waals surface area contributed by atoms with Gasteiger partial charge < -0.3 is 14.2 Å². The first-order valence-electron chi connectivity index (χ1n) is 8.56. The van der Waals surface area contributed by atoms with E-state index in [9.17, 15) is 22.4 Å². The molecule has 0 aliphatic heterocycles. The molecule has 0 aliphatic rings. The quantitative estimate of drug-likeness (QED) is 0.246. The van der Waals surface area contributed by atoms with E-state index in [2.05, 4.69) is 4.74 Å². The van der Waals surface area contributed by atoms with E-state index in [1.165, 1.54) is 0 Å². The van der Waals surface area contributed by atoms with Gasteiger partial charge in [-0.2, -0.15) is 17.6 Å². The Bertz CT molecular complexity index is 741. The topological polar surface area (TPSA) is 44.8 Å². The molecule has 2 aromatic carbocycles. The molecule has 0 amide bonds. The van der Waals surface area contributed by atoms with E-state index in [1.807, 2.05) is 0 Å². The molecule has 0 heterocycles. The lowest BCUT2D eigenvalue weighted by atomic mass is 10.1. The lowest BCUT2D eigenvalue weighted by molar-refractivity contribution is -0.252. The molecule has 0 fully saturated rings. The molecule has 2 atom stereocenters. The molecule has 0 saturated carbocycles. The summed E-state index contributed by atoms with van der Waals surface area (Å²) in [5, 5.41) is 0. The largest absolute Gasteiger partial charge is 0.459 e. The van der Waals surface area contributed by atoms with Crippen LogP contribution in [-0.2, 0) is 32.2 Å². The van der Waals surface area contributed by atoms with Gasteiger partial charge in [-0.25, -0.2) is 0 Å². The van der Waals surface area contributed by atoms with Crippen molar-refractivity contribution in [2.24, 2.45) is 0 Å². The normalized spacial score (nSPS) is 14.2. The van der Waals surface area contributed by atoms with Crippen LogP contribution >= 0.6 is 15.9 Å². The Morgan fingerprint density at radius 2 is 1.41 bits per heavy atom. The smallest absolute Gasteiger partial charge is 0.366 e. The molecular formula is C20H19BrF4O4. The second-order valence-corrected chi connectivity index (χ2v) is 7.11. The van der Waals surface area contributed by atoms with Crippen LogP contribution in [0.25, 0.3) is 0 Å². The van der Waals surface area contributed by atoms with E-state index in [0.29, 0.717) is 5.56 Å². The third-order valence-corrected chi connectivity index (χ3v) is 4.50. The van der Waals surface area contributed by atoms with E-state index in [4.69, 9.17) is 9.47 Å². The summed E-state index contributed by atoms with van der Waals surface area (Å²) in [6.07, 6.45) is -4.23. The molecule has 9 heteroatoms. The standard InChI is InChI=1S/C20H19BrF4O4/c21-20(24,25)19(22,23)18(28-12-16-9-5-2-6-10-16)17(29-14-26)13-27-11-15-7-3-1-4-8-15/h1-10,14,17-18H,11-13H2/t17-,18+/m1/s1. The monoisotopic (exact) mass is 478 g/mol. The maximum atomic E-state index is 14.4. The highest BCUT2D eigenvalue weighted by atomic mass is 79.9. The molecule has 0 bridgehead atoms. The average molecular weight is 479 g/mol. The summed E-state index contributed by atoms with van der Waals surface area (Å²) in [5.41, 5.74) is 1.22. The molecule has 0 N–H and O–H groups in total. The maximum absolute atomic E-state index is 14.4. The van der Waals surface area contributed by atoms with Crippen LogP contribution in [0, 0.1) is 0 Å². The molecule has 158 valence electrons. The van der Waals surface area contributed by atoms with Crippen molar-refractivity contribution in [3.63, 3.8) is 0 Å². The molecule has 0 radical (unpaired) electrons. The van der Waals surface area contributed by atoms with Gasteiger partial charge in [0.2, 0.25) is 0 Å². The summed E-state index contributed by atoms with van der Waals surface area (Å²) < 4.78 is 71.1. The molecule has 0 spiro atoms. The number of rotatable bonds is 12. The summed E-state index contributed by atoms with van der Waals surface area (Å²) in [5.74, 6) is -4.69. The molecule has 0 aromatic heterocycles. The van der Waals surface area contributed by atoms with Crippen LogP contribution in [-0.4, -0.2) is 36.0 Å². The van der Waals surface area contributed by atoms with E-state index >= 15 is 0 Å². The molecule has 0 unspecified atom stereocenters.